The van der Waals surface area contributed by atoms with E-state index in [-0.39, 0.29) is 18.1 Å². The van der Waals surface area contributed by atoms with Gasteiger partial charge in [-0.25, -0.2) is 9.59 Å². The zero-order chi connectivity index (χ0) is 17.0. The Morgan fingerprint density at radius 2 is 1.87 bits per heavy atom. The second-order valence-electron chi connectivity index (χ2n) is 6.51. The minimum Gasteiger partial charge on any atom is -0.465 e. The average Bonchev–Trinajstić information content (AvgIpc) is 2.52. The zero-order valence-electron chi connectivity index (χ0n) is 14.1. The minimum atomic E-state index is -0.527. The molecular weight excluding hydrogens is 296 g/mol. The summed E-state index contributed by atoms with van der Waals surface area (Å²) in [5, 5.41) is 3.29. The molecule has 1 N–H and O–H groups in total. The molecule has 1 aliphatic heterocycles. The number of carbonyl (C=O) groups is 2. The van der Waals surface area contributed by atoms with Gasteiger partial charge in [-0.15, -0.1) is 0 Å². The third kappa shape index (κ3) is 4.45. The van der Waals surface area contributed by atoms with Crippen molar-refractivity contribution in [1.82, 2.24) is 10.2 Å². The van der Waals surface area contributed by atoms with Gasteiger partial charge in [0.1, 0.15) is 5.60 Å². The van der Waals surface area contributed by atoms with Crippen LogP contribution in [0.1, 0.15) is 42.7 Å². The SMILES string of the molecule is COC(=O)c1ccc(C2CNCCN2C(=O)OC(C)(C)C)cc1. The van der Waals surface area contributed by atoms with Crippen molar-refractivity contribution >= 4 is 12.1 Å². The monoisotopic (exact) mass is 320 g/mol. The number of methoxy groups -OCH3 is 1. The lowest BCUT2D eigenvalue weighted by Crippen LogP contribution is -2.50. The first-order valence-electron chi connectivity index (χ1n) is 7.70. The normalized spacial score (nSPS) is 18.4. The number of nitrogens with one attached hydrogen (secondary N) is 1. The fourth-order valence-corrected chi connectivity index (χ4v) is 2.50. The van der Waals surface area contributed by atoms with Crippen LogP contribution in [0.25, 0.3) is 0 Å². The van der Waals surface area contributed by atoms with Crippen LogP contribution < -0.4 is 5.32 Å². The maximum absolute atomic E-state index is 12.4. The molecule has 1 aromatic rings. The molecule has 6 nitrogen and oxygen atoms in total. The van der Waals surface area contributed by atoms with Crippen LogP contribution in [0.3, 0.4) is 0 Å². The van der Waals surface area contributed by atoms with Gasteiger partial charge in [0.15, 0.2) is 0 Å². The second-order valence-corrected chi connectivity index (χ2v) is 6.51. The fourth-order valence-electron chi connectivity index (χ4n) is 2.50. The molecule has 1 fully saturated rings. The molecule has 0 aromatic heterocycles. The molecule has 0 aliphatic carbocycles. The molecule has 1 unspecified atom stereocenters. The van der Waals surface area contributed by atoms with E-state index >= 15 is 0 Å². The van der Waals surface area contributed by atoms with E-state index in [0.717, 1.165) is 12.1 Å². The molecule has 1 aliphatic rings. The summed E-state index contributed by atoms with van der Waals surface area (Å²) in [5.41, 5.74) is 0.917. The maximum Gasteiger partial charge on any atom is 0.410 e. The van der Waals surface area contributed by atoms with Crippen LogP contribution in [0.15, 0.2) is 24.3 Å². The Kier molecular flexibility index (Phi) is 5.26. The summed E-state index contributed by atoms with van der Waals surface area (Å²) in [5.74, 6) is -0.373. The van der Waals surface area contributed by atoms with Gasteiger partial charge in [0.25, 0.3) is 0 Å². The molecule has 1 heterocycles. The van der Waals surface area contributed by atoms with E-state index in [9.17, 15) is 9.59 Å². The number of hydrogen-bond acceptors (Lipinski definition) is 5. The van der Waals surface area contributed by atoms with E-state index in [4.69, 9.17) is 9.47 Å². The van der Waals surface area contributed by atoms with Crippen LogP contribution in [0.4, 0.5) is 4.79 Å². The van der Waals surface area contributed by atoms with Crippen molar-refractivity contribution in [3.63, 3.8) is 0 Å². The number of hydrogen-bond donors (Lipinski definition) is 1. The van der Waals surface area contributed by atoms with Crippen molar-refractivity contribution < 1.29 is 19.1 Å². The third-order valence-electron chi connectivity index (χ3n) is 3.59. The van der Waals surface area contributed by atoms with Gasteiger partial charge in [0.05, 0.1) is 18.7 Å². The summed E-state index contributed by atoms with van der Waals surface area (Å²) in [4.78, 5) is 25.7. The Hall–Kier alpha value is -2.08. The van der Waals surface area contributed by atoms with Crippen LogP contribution in [0.5, 0.6) is 0 Å². The average molecular weight is 320 g/mol. The van der Waals surface area contributed by atoms with E-state index in [1.54, 1.807) is 17.0 Å². The molecular formula is C17H24N2O4. The number of benzene rings is 1. The molecule has 0 spiro atoms. The first-order chi connectivity index (χ1) is 10.8. The number of esters is 1. The lowest BCUT2D eigenvalue weighted by atomic mass is 10.0. The van der Waals surface area contributed by atoms with E-state index in [2.05, 4.69) is 5.32 Å². The number of carbonyl (C=O) groups excluding carboxylic acids is 2. The van der Waals surface area contributed by atoms with Gasteiger partial charge in [-0.1, -0.05) is 12.1 Å². The van der Waals surface area contributed by atoms with E-state index in [1.807, 2.05) is 32.9 Å². The molecule has 1 amide bonds. The lowest BCUT2D eigenvalue weighted by Gasteiger charge is -2.37. The number of nitrogens with zero attached hydrogens (tertiary/aromatic N) is 1. The van der Waals surface area contributed by atoms with E-state index in [1.165, 1.54) is 7.11 Å². The summed E-state index contributed by atoms with van der Waals surface area (Å²) >= 11 is 0. The zero-order valence-corrected chi connectivity index (χ0v) is 14.1. The Bertz CT molecular complexity index is 563. The first-order valence-corrected chi connectivity index (χ1v) is 7.70. The first kappa shape index (κ1) is 17.3. The van der Waals surface area contributed by atoms with Crippen molar-refractivity contribution in [3.8, 4) is 0 Å². The fraction of sp³-hybridized carbons (Fsp3) is 0.529. The van der Waals surface area contributed by atoms with Gasteiger partial charge in [-0.2, -0.15) is 0 Å². The topological polar surface area (TPSA) is 67.9 Å². The third-order valence-corrected chi connectivity index (χ3v) is 3.59. The van der Waals surface area contributed by atoms with Crippen LogP contribution in [-0.4, -0.2) is 49.3 Å². The summed E-state index contributed by atoms with van der Waals surface area (Å²) in [6, 6.07) is 7.00. The van der Waals surface area contributed by atoms with Crippen LogP contribution in [-0.2, 0) is 9.47 Å². The highest BCUT2D eigenvalue weighted by molar-refractivity contribution is 5.89. The van der Waals surface area contributed by atoms with E-state index in [0.29, 0.717) is 18.7 Å². The highest BCUT2D eigenvalue weighted by atomic mass is 16.6. The molecule has 1 saturated heterocycles. The predicted octanol–water partition coefficient (Wildman–Crippen LogP) is 2.35. The standard InChI is InChI=1S/C17H24N2O4/c1-17(2,3)23-16(21)19-10-9-18-11-14(19)12-5-7-13(8-6-12)15(20)22-4/h5-8,14,18H,9-11H2,1-4H3. The molecule has 1 atom stereocenters. The predicted molar refractivity (Wildman–Crippen MR) is 86.3 cm³/mol. The van der Waals surface area contributed by atoms with Gasteiger partial charge in [-0.05, 0) is 38.5 Å². The molecule has 0 radical (unpaired) electrons. The number of rotatable bonds is 2. The Morgan fingerprint density at radius 1 is 1.22 bits per heavy atom. The van der Waals surface area contributed by atoms with E-state index < -0.39 is 5.60 Å². The Balaban J connectivity index is 2.17. The molecule has 23 heavy (non-hydrogen) atoms. The summed E-state index contributed by atoms with van der Waals surface area (Å²) in [7, 11) is 1.35. The number of ether oxygens (including phenoxy) is 2. The molecule has 2 rings (SSSR count). The van der Waals surface area contributed by atoms with Crippen molar-refractivity contribution in [3.05, 3.63) is 35.4 Å². The van der Waals surface area contributed by atoms with Gasteiger partial charge in [0.2, 0.25) is 0 Å². The second kappa shape index (κ2) is 7.00. The number of amides is 1. The van der Waals surface area contributed by atoms with Gasteiger partial charge < -0.3 is 14.8 Å². The molecule has 1 aromatic carbocycles. The van der Waals surface area contributed by atoms with Crippen LogP contribution in [0, 0.1) is 0 Å². The van der Waals surface area contributed by atoms with Gasteiger partial charge in [-0.3, -0.25) is 4.90 Å². The molecule has 0 saturated carbocycles. The van der Waals surface area contributed by atoms with Gasteiger partial charge >= 0.3 is 12.1 Å². The quantitative estimate of drug-likeness (QED) is 0.847. The smallest absolute Gasteiger partial charge is 0.410 e. The Morgan fingerprint density at radius 3 is 2.43 bits per heavy atom. The Labute approximate surface area is 136 Å². The molecule has 6 heteroatoms. The summed E-state index contributed by atoms with van der Waals surface area (Å²) < 4.78 is 10.2. The van der Waals surface area contributed by atoms with Crippen molar-refractivity contribution in [1.29, 1.82) is 0 Å². The highest BCUT2D eigenvalue weighted by Crippen LogP contribution is 2.25. The number of piperazine rings is 1. The van der Waals surface area contributed by atoms with Gasteiger partial charge in [0, 0.05) is 19.6 Å². The largest absolute Gasteiger partial charge is 0.465 e. The summed E-state index contributed by atoms with van der Waals surface area (Å²) in [6.45, 7) is 7.53. The minimum absolute atomic E-state index is 0.120. The molecule has 126 valence electrons. The summed E-state index contributed by atoms with van der Waals surface area (Å²) in [6.07, 6.45) is -0.318. The van der Waals surface area contributed by atoms with Crippen LogP contribution >= 0.6 is 0 Å². The maximum atomic E-state index is 12.4. The lowest BCUT2D eigenvalue weighted by molar-refractivity contribution is 0.0117. The van der Waals surface area contributed by atoms with Crippen LogP contribution in [0.2, 0.25) is 0 Å². The van der Waals surface area contributed by atoms with Crippen molar-refractivity contribution in [2.24, 2.45) is 0 Å². The van der Waals surface area contributed by atoms with Crippen molar-refractivity contribution in [2.75, 3.05) is 26.7 Å². The molecule has 0 bridgehead atoms. The highest BCUT2D eigenvalue weighted by Gasteiger charge is 2.31. The van der Waals surface area contributed by atoms with Crippen molar-refractivity contribution in [2.45, 2.75) is 32.4 Å².